The zero-order chi connectivity index (χ0) is 13.3. The number of hydrogen-bond donors (Lipinski definition) is 0. The van der Waals surface area contributed by atoms with Gasteiger partial charge in [0.1, 0.15) is 0 Å². The van der Waals surface area contributed by atoms with Crippen molar-refractivity contribution < 1.29 is 18.3 Å². The minimum atomic E-state index is -3.58. The van der Waals surface area contributed by atoms with Gasteiger partial charge in [0.2, 0.25) is 0 Å². The Hall–Kier alpha value is -1.49. The lowest BCUT2D eigenvalue weighted by Gasteiger charge is -2.13. The predicted octanol–water partition coefficient (Wildman–Crippen LogP) is 3.86. The monoisotopic (exact) mass is 270 g/mol. The molecular formula is C13H12F2O2S. The minimum absolute atomic E-state index is 0.0572. The summed E-state index contributed by atoms with van der Waals surface area (Å²) in [6, 6.07) is 7.10. The SMILES string of the molecule is CCOC(=O)C(F)(F)c1sc2ccccc2c1C. The molecule has 0 amide bonds. The lowest BCUT2D eigenvalue weighted by molar-refractivity contribution is -0.172. The van der Waals surface area contributed by atoms with Crippen molar-refractivity contribution in [2.24, 2.45) is 0 Å². The number of carbonyl (C=O) groups excluding carboxylic acids is 1. The second-order valence-corrected chi connectivity index (χ2v) is 4.90. The molecule has 0 saturated carbocycles. The lowest BCUT2D eigenvalue weighted by Crippen LogP contribution is -2.27. The van der Waals surface area contributed by atoms with Crippen LogP contribution < -0.4 is 0 Å². The van der Waals surface area contributed by atoms with Gasteiger partial charge in [-0.2, -0.15) is 8.78 Å². The molecule has 0 saturated heterocycles. The summed E-state index contributed by atoms with van der Waals surface area (Å²) < 4.78 is 33.1. The normalized spacial score (nSPS) is 11.8. The highest BCUT2D eigenvalue weighted by Crippen LogP contribution is 2.41. The van der Waals surface area contributed by atoms with Gasteiger partial charge >= 0.3 is 11.9 Å². The Balaban J connectivity index is 2.53. The van der Waals surface area contributed by atoms with E-state index in [1.807, 2.05) is 0 Å². The van der Waals surface area contributed by atoms with Gasteiger partial charge in [0.25, 0.3) is 0 Å². The first-order valence-electron chi connectivity index (χ1n) is 5.52. The summed E-state index contributed by atoms with van der Waals surface area (Å²) in [7, 11) is 0. The molecule has 2 aromatic rings. The number of aryl methyl sites for hydroxylation is 1. The summed E-state index contributed by atoms with van der Waals surface area (Å²) in [6.45, 7) is 3.05. The van der Waals surface area contributed by atoms with E-state index in [4.69, 9.17) is 0 Å². The third kappa shape index (κ3) is 1.99. The summed E-state index contributed by atoms with van der Waals surface area (Å²) in [4.78, 5) is 11.1. The maximum atomic E-state index is 14.0. The van der Waals surface area contributed by atoms with Gasteiger partial charge in [-0.15, -0.1) is 11.3 Å². The molecule has 1 aromatic heterocycles. The van der Waals surface area contributed by atoms with E-state index in [0.717, 1.165) is 21.4 Å². The number of hydrogen-bond acceptors (Lipinski definition) is 3. The van der Waals surface area contributed by atoms with Crippen molar-refractivity contribution in [1.29, 1.82) is 0 Å². The number of alkyl halides is 2. The molecule has 0 aliphatic carbocycles. The first kappa shape index (κ1) is 13.0. The maximum absolute atomic E-state index is 14.0. The number of ether oxygens (including phenoxy) is 1. The second-order valence-electron chi connectivity index (χ2n) is 3.85. The van der Waals surface area contributed by atoms with Crippen LogP contribution in [0.15, 0.2) is 24.3 Å². The van der Waals surface area contributed by atoms with Crippen LogP contribution >= 0.6 is 11.3 Å². The highest BCUT2D eigenvalue weighted by atomic mass is 32.1. The average Bonchev–Trinajstić information content (AvgIpc) is 2.68. The van der Waals surface area contributed by atoms with E-state index < -0.39 is 11.9 Å². The smallest absolute Gasteiger partial charge is 0.382 e. The molecule has 5 heteroatoms. The molecule has 1 aromatic carbocycles. The number of esters is 1. The first-order chi connectivity index (χ1) is 8.48. The van der Waals surface area contributed by atoms with Crippen molar-refractivity contribution in [3.05, 3.63) is 34.7 Å². The van der Waals surface area contributed by atoms with Crippen LogP contribution in [0.3, 0.4) is 0 Å². The summed E-state index contributed by atoms with van der Waals surface area (Å²) >= 11 is 0.934. The van der Waals surface area contributed by atoms with E-state index in [2.05, 4.69) is 4.74 Å². The predicted molar refractivity (Wildman–Crippen MR) is 67.1 cm³/mol. The summed E-state index contributed by atoms with van der Waals surface area (Å²) in [6.07, 6.45) is 0. The summed E-state index contributed by atoms with van der Waals surface area (Å²) in [5.41, 5.74) is 0.439. The minimum Gasteiger partial charge on any atom is -0.461 e. The maximum Gasteiger partial charge on any atom is 0.382 e. The molecule has 0 atom stereocenters. The molecule has 2 nitrogen and oxygen atoms in total. The highest BCUT2D eigenvalue weighted by Gasteiger charge is 2.45. The van der Waals surface area contributed by atoms with E-state index in [9.17, 15) is 13.6 Å². The zero-order valence-electron chi connectivity index (χ0n) is 10.00. The van der Waals surface area contributed by atoms with Crippen molar-refractivity contribution in [3.63, 3.8) is 0 Å². The van der Waals surface area contributed by atoms with Crippen LogP contribution in [-0.4, -0.2) is 12.6 Å². The standard InChI is InChI=1S/C13H12F2O2S/c1-3-17-12(16)13(14,15)11-8(2)9-6-4-5-7-10(9)18-11/h4-7H,3H2,1-2H3. The van der Waals surface area contributed by atoms with Crippen molar-refractivity contribution in [2.75, 3.05) is 6.61 Å². The Bertz CT molecular complexity index is 590. The largest absolute Gasteiger partial charge is 0.461 e. The van der Waals surface area contributed by atoms with E-state index in [-0.39, 0.29) is 11.5 Å². The van der Waals surface area contributed by atoms with Crippen LogP contribution in [0, 0.1) is 6.92 Å². The van der Waals surface area contributed by atoms with Crippen LogP contribution in [0.5, 0.6) is 0 Å². The average molecular weight is 270 g/mol. The number of halogens is 2. The summed E-state index contributed by atoms with van der Waals surface area (Å²) in [5, 5.41) is 0.751. The van der Waals surface area contributed by atoms with Crippen LogP contribution in [0.4, 0.5) is 8.78 Å². The van der Waals surface area contributed by atoms with Gasteiger partial charge in [-0.25, -0.2) is 4.79 Å². The topological polar surface area (TPSA) is 26.3 Å². The van der Waals surface area contributed by atoms with E-state index in [0.29, 0.717) is 5.56 Å². The van der Waals surface area contributed by atoms with Crippen molar-refractivity contribution in [1.82, 2.24) is 0 Å². The zero-order valence-corrected chi connectivity index (χ0v) is 10.8. The molecule has 0 spiro atoms. The fourth-order valence-corrected chi connectivity index (χ4v) is 2.96. The first-order valence-corrected chi connectivity index (χ1v) is 6.33. The number of carbonyl (C=O) groups is 1. The van der Waals surface area contributed by atoms with Crippen LogP contribution in [0.2, 0.25) is 0 Å². The molecule has 2 rings (SSSR count). The molecule has 1 heterocycles. The molecule has 0 N–H and O–H groups in total. The third-order valence-corrected chi connectivity index (χ3v) is 4.00. The van der Waals surface area contributed by atoms with Crippen molar-refractivity contribution in [2.45, 2.75) is 19.8 Å². The molecule has 0 bridgehead atoms. The Morgan fingerprint density at radius 3 is 2.67 bits per heavy atom. The fourth-order valence-electron chi connectivity index (χ4n) is 1.79. The second kappa shape index (κ2) is 4.65. The van der Waals surface area contributed by atoms with E-state index in [1.165, 1.54) is 6.92 Å². The van der Waals surface area contributed by atoms with Crippen LogP contribution in [-0.2, 0) is 15.5 Å². The van der Waals surface area contributed by atoms with Crippen molar-refractivity contribution >= 4 is 27.4 Å². The van der Waals surface area contributed by atoms with Crippen molar-refractivity contribution in [3.8, 4) is 0 Å². The molecule has 0 fully saturated rings. The Kier molecular flexibility index (Phi) is 3.34. The Labute approximate surface area is 107 Å². The Morgan fingerprint density at radius 1 is 1.39 bits per heavy atom. The van der Waals surface area contributed by atoms with Gasteiger partial charge in [-0.3, -0.25) is 0 Å². The lowest BCUT2D eigenvalue weighted by atomic mass is 10.1. The molecule has 0 unspecified atom stereocenters. The molecular weight excluding hydrogens is 258 g/mol. The van der Waals surface area contributed by atoms with Gasteiger partial charge in [-0.05, 0) is 30.9 Å². The van der Waals surface area contributed by atoms with Gasteiger partial charge in [-0.1, -0.05) is 18.2 Å². The van der Waals surface area contributed by atoms with Gasteiger partial charge in [0, 0.05) is 4.70 Å². The molecule has 0 aliphatic rings. The highest BCUT2D eigenvalue weighted by molar-refractivity contribution is 7.19. The van der Waals surface area contributed by atoms with Crippen LogP contribution in [0.1, 0.15) is 17.4 Å². The fraction of sp³-hybridized carbons (Fsp3) is 0.308. The quantitative estimate of drug-likeness (QED) is 0.791. The molecule has 0 radical (unpaired) electrons. The number of fused-ring (bicyclic) bond motifs is 1. The van der Waals surface area contributed by atoms with E-state index in [1.54, 1.807) is 31.2 Å². The van der Waals surface area contributed by atoms with Gasteiger partial charge < -0.3 is 4.74 Å². The number of benzene rings is 1. The van der Waals surface area contributed by atoms with Crippen LogP contribution in [0.25, 0.3) is 10.1 Å². The molecule has 18 heavy (non-hydrogen) atoms. The summed E-state index contributed by atoms with van der Waals surface area (Å²) in [5.74, 6) is -5.07. The molecule has 96 valence electrons. The van der Waals surface area contributed by atoms with Gasteiger partial charge in [0.15, 0.2) is 0 Å². The molecule has 0 aliphatic heterocycles. The third-order valence-electron chi connectivity index (χ3n) is 2.66. The van der Waals surface area contributed by atoms with E-state index >= 15 is 0 Å². The number of rotatable bonds is 3. The van der Waals surface area contributed by atoms with Gasteiger partial charge in [0.05, 0.1) is 11.5 Å². The number of thiophene rings is 1. The Morgan fingerprint density at radius 2 is 2.06 bits per heavy atom.